The Hall–Kier alpha value is -1.50. The number of aromatic nitrogens is 2. The van der Waals surface area contributed by atoms with Crippen molar-refractivity contribution in [3.8, 4) is 10.4 Å². The van der Waals surface area contributed by atoms with Crippen LogP contribution in [0.3, 0.4) is 0 Å². The van der Waals surface area contributed by atoms with Crippen molar-refractivity contribution in [2.75, 3.05) is 0 Å². The Morgan fingerprint density at radius 2 is 2.17 bits per heavy atom. The van der Waals surface area contributed by atoms with Crippen LogP contribution in [-0.4, -0.2) is 16.0 Å². The molecule has 0 saturated heterocycles. The molecule has 4 nitrogen and oxygen atoms in total. The van der Waals surface area contributed by atoms with Crippen LogP contribution in [0.25, 0.3) is 20.7 Å². The van der Waals surface area contributed by atoms with Gasteiger partial charge in [0.05, 0.1) is 11.4 Å². The second-order valence-electron chi connectivity index (χ2n) is 6.28. The summed E-state index contributed by atoms with van der Waals surface area (Å²) >= 11 is 3.22. The molecule has 1 aliphatic rings. The monoisotopic (exact) mass is 346 g/mol. The molecular weight excluding hydrogens is 326 g/mol. The van der Waals surface area contributed by atoms with Crippen LogP contribution in [0.2, 0.25) is 0 Å². The summed E-state index contributed by atoms with van der Waals surface area (Å²) in [4.78, 5) is 22.4. The third-order valence-electron chi connectivity index (χ3n) is 4.64. The van der Waals surface area contributed by atoms with Crippen molar-refractivity contribution in [3.63, 3.8) is 0 Å². The molecular formula is C17H20N3OS2+. The summed E-state index contributed by atoms with van der Waals surface area (Å²) in [5.74, 6) is 0.800. The van der Waals surface area contributed by atoms with E-state index >= 15 is 0 Å². The minimum Gasteiger partial charge on any atom is -0.335 e. The summed E-state index contributed by atoms with van der Waals surface area (Å²) in [6.07, 6.45) is 5.20. The molecule has 0 amide bonds. The SMILES string of the molecule is C[C@@H]([NH2+]C1CCCC1)c1nc2scc(-c3cccs3)c2c(=O)[nH]1. The fourth-order valence-electron chi connectivity index (χ4n) is 3.44. The molecule has 0 spiro atoms. The Morgan fingerprint density at radius 1 is 1.35 bits per heavy atom. The van der Waals surface area contributed by atoms with Crippen molar-refractivity contribution in [2.24, 2.45) is 0 Å². The highest BCUT2D eigenvalue weighted by atomic mass is 32.1. The third-order valence-corrected chi connectivity index (χ3v) is 6.42. The number of H-pyrrole nitrogens is 1. The topological polar surface area (TPSA) is 62.4 Å². The minimum absolute atomic E-state index is 0.0127. The molecule has 4 rings (SSSR count). The van der Waals surface area contributed by atoms with Gasteiger partial charge in [-0.1, -0.05) is 6.07 Å². The van der Waals surface area contributed by atoms with Crippen molar-refractivity contribution in [3.05, 3.63) is 39.1 Å². The standard InChI is InChI=1S/C17H19N3OS2/c1-10(18-11-5-2-3-6-11)15-19-16(21)14-12(9-23-17(14)20-15)13-7-4-8-22-13/h4,7-11,18H,2-3,5-6H2,1H3,(H,19,20,21)/p+1/t10-/m1/s1. The lowest BCUT2D eigenvalue weighted by Crippen LogP contribution is -2.90. The Bertz CT molecular complexity index is 860. The number of thiophene rings is 2. The van der Waals surface area contributed by atoms with E-state index in [4.69, 9.17) is 4.98 Å². The molecule has 23 heavy (non-hydrogen) atoms. The summed E-state index contributed by atoms with van der Waals surface area (Å²) in [6, 6.07) is 4.94. The van der Waals surface area contributed by atoms with Gasteiger partial charge in [0.25, 0.3) is 5.56 Å². The van der Waals surface area contributed by atoms with Crippen molar-refractivity contribution >= 4 is 32.9 Å². The number of rotatable bonds is 4. The molecule has 0 bridgehead atoms. The number of nitrogens with one attached hydrogen (secondary N) is 1. The molecule has 3 heterocycles. The Labute approximate surface area is 142 Å². The maximum atomic E-state index is 12.6. The molecule has 1 aliphatic carbocycles. The van der Waals surface area contributed by atoms with Gasteiger partial charge < -0.3 is 10.3 Å². The zero-order valence-corrected chi connectivity index (χ0v) is 14.7. The smallest absolute Gasteiger partial charge is 0.260 e. The average Bonchev–Trinajstić information content (AvgIpc) is 3.27. The Kier molecular flexibility index (Phi) is 4.05. The fraction of sp³-hybridized carbons (Fsp3) is 0.412. The van der Waals surface area contributed by atoms with Gasteiger partial charge in [-0.3, -0.25) is 4.79 Å². The molecule has 6 heteroatoms. The number of fused-ring (bicyclic) bond motifs is 1. The Balaban J connectivity index is 1.69. The van der Waals surface area contributed by atoms with Gasteiger partial charge in [-0.15, -0.1) is 22.7 Å². The van der Waals surface area contributed by atoms with Crippen LogP contribution in [0.15, 0.2) is 27.7 Å². The van der Waals surface area contributed by atoms with Gasteiger partial charge in [-0.05, 0) is 44.1 Å². The molecule has 0 unspecified atom stereocenters. The fourth-order valence-corrected chi connectivity index (χ4v) is 5.21. The normalized spacial score (nSPS) is 17.1. The first-order valence-corrected chi connectivity index (χ1v) is 9.88. The van der Waals surface area contributed by atoms with Gasteiger partial charge in [0.1, 0.15) is 10.9 Å². The van der Waals surface area contributed by atoms with E-state index in [9.17, 15) is 4.79 Å². The lowest BCUT2D eigenvalue weighted by molar-refractivity contribution is -0.724. The van der Waals surface area contributed by atoms with E-state index in [0.717, 1.165) is 26.5 Å². The van der Waals surface area contributed by atoms with Crippen LogP contribution in [0.5, 0.6) is 0 Å². The number of hydrogen-bond acceptors (Lipinski definition) is 4. The van der Waals surface area contributed by atoms with Gasteiger partial charge in [-0.25, -0.2) is 4.98 Å². The molecule has 0 radical (unpaired) electrons. The van der Waals surface area contributed by atoms with E-state index in [1.54, 1.807) is 22.7 Å². The summed E-state index contributed by atoms with van der Waals surface area (Å²) in [6.45, 7) is 2.14. The van der Waals surface area contributed by atoms with E-state index in [-0.39, 0.29) is 11.6 Å². The Morgan fingerprint density at radius 3 is 2.91 bits per heavy atom. The van der Waals surface area contributed by atoms with Gasteiger partial charge in [0.2, 0.25) is 0 Å². The van der Waals surface area contributed by atoms with Crippen molar-refractivity contribution in [1.82, 2.24) is 9.97 Å². The lowest BCUT2D eigenvalue weighted by Gasteiger charge is -2.15. The molecule has 1 atom stereocenters. The molecule has 3 aromatic rings. The van der Waals surface area contributed by atoms with E-state index in [1.807, 2.05) is 16.8 Å². The zero-order valence-electron chi connectivity index (χ0n) is 13.0. The third kappa shape index (κ3) is 2.86. The van der Waals surface area contributed by atoms with Crippen molar-refractivity contribution < 1.29 is 5.32 Å². The first-order chi connectivity index (χ1) is 11.2. The van der Waals surface area contributed by atoms with E-state index < -0.39 is 0 Å². The van der Waals surface area contributed by atoms with Crippen LogP contribution >= 0.6 is 22.7 Å². The first kappa shape index (κ1) is 15.1. The van der Waals surface area contributed by atoms with Crippen molar-refractivity contribution in [1.29, 1.82) is 0 Å². The van der Waals surface area contributed by atoms with E-state index in [2.05, 4.69) is 23.3 Å². The second kappa shape index (κ2) is 6.19. The highest BCUT2D eigenvalue weighted by Gasteiger charge is 2.23. The molecule has 0 aromatic carbocycles. The minimum atomic E-state index is -0.0127. The highest BCUT2D eigenvalue weighted by Crippen LogP contribution is 2.33. The van der Waals surface area contributed by atoms with Gasteiger partial charge >= 0.3 is 0 Å². The molecule has 0 aliphatic heterocycles. The average molecular weight is 347 g/mol. The first-order valence-electron chi connectivity index (χ1n) is 8.12. The van der Waals surface area contributed by atoms with Gasteiger partial charge in [-0.2, -0.15) is 0 Å². The molecule has 1 fully saturated rings. The van der Waals surface area contributed by atoms with Crippen LogP contribution in [-0.2, 0) is 0 Å². The van der Waals surface area contributed by atoms with E-state index in [1.165, 1.54) is 25.7 Å². The predicted octanol–water partition coefficient (Wildman–Crippen LogP) is 3.28. The van der Waals surface area contributed by atoms with Crippen LogP contribution in [0, 0.1) is 0 Å². The lowest BCUT2D eigenvalue weighted by atomic mass is 10.2. The zero-order chi connectivity index (χ0) is 15.8. The summed E-state index contributed by atoms with van der Waals surface area (Å²) < 4.78 is 0. The van der Waals surface area contributed by atoms with E-state index in [0.29, 0.717) is 6.04 Å². The molecule has 3 aromatic heterocycles. The molecule has 1 saturated carbocycles. The largest absolute Gasteiger partial charge is 0.335 e. The predicted molar refractivity (Wildman–Crippen MR) is 96.2 cm³/mol. The highest BCUT2D eigenvalue weighted by molar-refractivity contribution is 7.18. The van der Waals surface area contributed by atoms with Crippen LogP contribution < -0.4 is 10.9 Å². The second-order valence-corrected chi connectivity index (χ2v) is 8.09. The van der Waals surface area contributed by atoms with Crippen LogP contribution in [0.4, 0.5) is 0 Å². The quantitative estimate of drug-likeness (QED) is 0.761. The summed E-state index contributed by atoms with van der Waals surface area (Å²) in [5.41, 5.74) is 0.994. The molecule has 3 N–H and O–H groups in total. The maximum Gasteiger partial charge on any atom is 0.260 e. The number of nitrogens with two attached hydrogens (primary N) is 1. The summed E-state index contributed by atoms with van der Waals surface area (Å²) in [5, 5.41) is 7.18. The van der Waals surface area contributed by atoms with Gasteiger partial charge in [0.15, 0.2) is 5.82 Å². The summed E-state index contributed by atoms with van der Waals surface area (Å²) in [7, 11) is 0. The van der Waals surface area contributed by atoms with Crippen LogP contribution in [0.1, 0.15) is 44.5 Å². The number of quaternary nitrogens is 1. The molecule has 120 valence electrons. The number of aromatic amines is 1. The number of nitrogens with zero attached hydrogens (tertiary/aromatic N) is 1. The van der Waals surface area contributed by atoms with Crippen molar-refractivity contribution in [2.45, 2.75) is 44.7 Å². The maximum absolute atomic E-state index is 12.6. The number of hydrogen-bond donors (Lipinski definition) is 2. The van der Waals surface area contributed by atoms with Gasteiger partial charge in [0, 0.05) is 15.8 Å².